The van der Waals surface area contributed by atoms with E-state index in [1.54, 1.807) is 23.1 Å². The van der Waals surface area contributed by atoms with Gasteiger partial charge in [0, 0.05) is 17.8 Å². The lowest BCUT2D eigenvalue weighted by molar-refractivity contribution is -0.134. The number of carbonyl (C=O) groups excluding carboxylic acids is 1. The van der Waals surface area contributed by atoms with Crippen LogP contribution in [-0.4, -0.2) is 38.6 Å². The van der Waals surface area contributed by atoms with Crippen LogP contribution in [0, 0.1) is 0 Å². The Morgan fingerprint density at radius 1 is 1.23 bits per heavy atom. The van der Waals surface area contributed by atoms with E-state index in [1.165, 1.54) is 0 Å². The van der Waals surface area contributed by atoms with E-state index in [2.05, 4.69) is 10.2 Å². The van der Waals surface area contributed by atoms with Crippen LogP contribution in [0.3, 0.4) is 0 Å². The van der Waals surface area contributed by atoms with Gasteiger partial charge < -0.3 is 9.64 Å². The first-order valence-electron chi connectivity index (χ1n) is 8.30. The van der Waals surface area contributed by atoms with Crippen molar-refractivity contribution in [3.05, 3.63) is 58.5 Å². The summed E-state index contributed by atoms with van der Waals surface area (Å²) in [5.74, 6) is 1.11. The van der Waals surface area contributed by atoms with Crippen molar-refractivity contribution in [3.8, 4) is 5.75 Å². The van der Waals surface area contributed by atoms with Crippen LogP contribution in [0.1, 0.15) is 24.7 Å². The number of rotatable bonds is 4. The number of likely N-dealkylation sites (tertiary alicyclic amines) is 1. The van der Waals surface area contributed by atoms with E-state index in [0.717, 1.165) is 24.3 Å². The number of halogens is 2. The largest absolute Gasteiger partial charge is 0.482 e. The van der Waals surface area contributed by atoms with Gasteiger partial charge in [0.15, 0.2) is 18.1 Å². The summed E-state index contributed by atoms with van der Waals surface area (Å²) in [4.78, 5) is 14.5. The highest BCUT2D eigenvalue weighted by Crippen LogP contribution is 2.32. The average molecular weight is 391 g/mol. The molecule has 0 radical (unpaired) electrons. The molecule has 0 saturated carbocycles. The van der Waals surface area contributed by atoms with Gasteiger partial charge in [0.1, 0.15) is 5.75 Å². The van der Waals surface area contributed by atoms with E-state index in [0.29, 0.717) is 22.3 Å². The lowest BCUT2D eigenvalue weighted by Crippen LogP contribution is -2.35. The number of hydrogen-bond acceptors (Lipinski definition) is 4. The van der Waals surface area contributed by atoms with Gasteiger partial charge in [0.05, 0.1) is 11.1 Å². The number of ether oxygens (including phenoxy) is 1. The molecule has 0 spiro atoms. The first kappa shape index (κ1) is 17.1. The van der Waals surface area contributed by atoms with E-state index < -0.39 is 0 Å². The van der Waals surface area contributed by atoms with Crippen LogP contribution in [0.2, 0.25) is 10.0 Å². The van der Waals surface area contributed by atoms with Gasteiger partial charge in [-0.2, -0.15) is 0 Å². The van der Waals surface area contributed by atoms with E-state index in [9.17, 15) is 4.79 Å². The monoisotopic (exact) mass is 390 g/mol. The number of fused-ring (bicyclic) bond motifs is 1. The zero-order valence-corrected chi connectivity index (χ0v) is 15.3. The SMILES string of the molecule is O=C(COc1ccc(Cl)cc1Cl)N1CCCC1c1nnc2ccccn12. The van der Waals surface area contributed by atoms with Crippen molar-refractivity contribution in [3.63, 3.8) is 0 Å². The Morgan fingerprint density at radius 2 is 2.12 bits per heavy atom. The molecule has 0 aliphatic carbocycles. The Balaban J connectivity index is 1.50. The van der Waals surface area contributed by atoms with Crippen molar-refractivity contribution in [1.29, 1.82) is 0 Å². The van der Waals surface area contributed by atoms with Crippen LogP contribution in [0.25, 0.3) is 5.65 Å². The Bertz CT molecular complexity index is 959. The van der Waals surface area contributed by atoms with Crippen LogP contribution in [0.4, 0.5) is 0 Å². The summed E-state index contributed by atoms with van der Waals surface area (Å²) in [6.45, 7) is 0.581. The second kappa shape index (κ2) is 7.13. The molecule has 0 bridgehead atoms. The van der Waals surface area contributed by atoms with Gasteiger partial charge in [-0.1, -0.05) is 29.3 Å². The molecule has 1 aliphatic heterocycles. The maximum atomic E-state index is 12.7. The quantitative estimate of drug-likeness (QED) is 0.679. The fourth-order valence-corrected chi connectivity index (χ4v) is 3.70. The van der Waals surface area contributed by atoms with Crippen LogP contribution in [0.5, 0.6) is 5.75 Å². The Labute approximate surface area is 160 Å². The standard InChI is InChI=1S/C18H16Cl2N4O2/c19-12-6-7-15(13(20)10-12)26-11-17(25)23-9-3-4-14(23)18-22-21-16-5-1-2-8-24(16)18/h1-2,5-8,10,14H,3-4,9,11H2. The third-order valence-corrected chi connectivity index (χ3v) is 4.99. The second-order valence-corrected chi connectivity index (χ2v) is 6.94. The third-order valence-electron chi connectivity index (χ3n) is 4.46. The summed E-state index contributed by atoms with van der Waals surface area (Å²) < 4.78 is 7.52. The average Bonchev–Trinajstić information content (AvgIpc) is 3.27. The minimum Gasteiger partial charge on any atom is -0.482 e. The molecular weight excluding hydrogens is 375 g/mol. The summed E-state index contributed by atoms with van der Waals surface area (Å²) in [5, 5.41) is 9.38. The number of carbonyl (C=O) groups is 1. The fourth-order valence-electron chi connectivity index (χ4n) is 3.24. The van der Waals surface area contributed by atoms with Crippen LogP contribution in [0.15, 0.2) is 42.6 Å². The zero-order chi connectivity index (χ0) is 18.1. The highest BCUT2D eigenvalue weighted by molar-refractivity contribution is 6.35. The molecular formula is C18H16Cl2N4O2. The van der Waals surface area contributed by atoms with Crippen molar-refractivity contribution in [2.24, 2.45) is 0 Å². The molecule has 1 unspecified atom stereocenters. The topological polar surface area (TPSA) is 59.7 Å². The van der Waals surface area contributed by atoms with E-state index in [1.807, 2.05) is 28.8 Å². The van der Waals surface area contributed by atoms with Crippen LogP contribution >= 0.6 is 23.2 Å². The lowest BCUT2D eigenvalue weighted by Gasteiger charge is -2.23. The minimum absolute atomic E-state index is 0.0887. The zero-order valence-electron chi connectivity index (χ0n) is 13.8. The molecule has 3 aromatic rings. The molecule has 1 amide bonds. The van der Waals surface area contributed by atoms with Gasteiger partial charge in [-0.3, -0.25) is 9.20 Å². The molecule has 4 rings (SSSR count). The van der Waals surface area contributed by atoms with Gasteiger partial charge >= 0.3 is 0 Å². The molecule has 1 atom stereocenters. The maximum absolute atomic E-state index is 12.7. The smallest absolute Gasteiger partial charge is 0.261 e. The highest BCUT2D eigenvalue weighted by atomic mass is 35.5. The molecule has 1 aromatic carbocycles. The fraction of sp³-hybridized carbons (Fsp3) is 0.278. The molecule has 26 heavy (non-hydrogen) atoms. The van der Waals surface area contributed by atoms with Gasteiger partial charge in [0.2, 0.25) is 0 Å². The van der Waals surface area contributed by atoms with Gasteiger partial charge in [0.25, 0.3) is 5.91 Å². The predicted molar refractivity (Wildman–Crippen MR) is 98.6 cm³/mol. The molecule has 2 aromatic heterocycles. The number of aromatic nitrogens is 3. The maximum Gasteiger partial charge on any atom is 0.261 e. The van der Waals surface area contributed by atoms with Crippen molar-refractivity contribution in [2.75, 3.05) is 13.2 Å². The predicted octanol–water partition coefficient (Wildman–Crippen LogP) is 3.78. The number of nitrogens with zero attached hydrogens (tertiary/aromatic N) is 4. The summed E-state index contributed by atoms with van der Waals surface area (Å²) in [7, 11) is 0. The summed E-state index contributed by atoms with van der Waals surface area (Å²) in [6, 6.07) is 10.5. The molecule has 3 heterocycles. The summed E-state index contributed by atoms with van der Waals surface area (Å²) in [6.07, 6.45) is 3.68. The number of amides is 1. The van der Waals surface area contributed by atoms with Gasteiger partial charge in [-0.05, 0) is 43.2 Å². The van der Waals surface area contributed by atoms with Crippen molar-refractivity contribution >= 4 is 34.8 Å². The highest BCUT2D eigenvalue weighted by Gasteiger charge is 2.33. The van der Waals surface area contributed by atoms with Crippen LogP contribution < -0.4 is 4.74 Å². The molecule has 0 N–H and O–H groups in total. The first-order valence-corrected chi connectivity index (χ1v) is 9.06. The third kappa shape index (κ3) is 3.22. The number of benzene rings is 1. The molecule has 1 aliphatic rings. The summed E-state index contributed by atoms with van der Waals surface area (Å²) in [5.41, 5.74) is 0.769. The van der Waals surface area contributed by atoms with Crippen molar-refractivity contribution in [2.45, 2.75) is 18.9 Å². The molecule has 8 heteroatoms. The molecule has 1 fully saturated rings. The van der Waals surface area contributed by atoms with E-state index >= 15 is 0 Å². The van der Waals surface area contributed by atoms with E-state index in [4.69, 9.17) is 27.9 Å². The molecule has 134 valence electrons. The Kier molecular flexibility index (Phi) is 4.70. The first-order chi connectivity index (χ1) is 12.6. The Hall–Kier alpha value is -2.31. The van der Waals surface area contributed by atoms with Crippen molar-refractivity contribution in [1.82, 2.24) is 19.5 Å². The second-order valence-electron chi connectivity index (χ2n) is 6.10. The normalized spacial score (nSPS) is 17.0. The van der Waals surface area contributed by atoms with Gasteiger partial charge in [-0.15, -0.1) is 10.2 Å². The number of hydrogen-bond donors (Lipinski definition) is 0. The Morgan fingerprint density at radius 3 is 2.96 bits per heavy atom. The number of pyridine rings is 1. The van der Waals surface area contributed by atoms with Crippen LogP contribution in [-0.2, 0) is 4.79 Å². The molecule has 6 nitrogen and oxygen atoms in total. The van der Waals surface area contributed by atoms with Gasteiger partial charge in [-0.25, -0.2) is 0 Å². The van der Waals surface area contributed by atoms with E-state index in [-0.39, 0.29) is 18.6 Å². The summed E-state index contributed by atoms with van der Waals surface area (Å²) >= 11 is 12.0. The minimum atomic E-state index is -0.107. The van der Waals surface area contributed by atoms with Crippen molar-refractivity contribution < 1.29 is 9.53 Å². The molecule has 1 saturated heterocycles. The lowest BCUT2D eigenvalue weighted by atomic mass is 10.2.